The lowest BCUT2D eigenvalue weighted by Crippen LogP contribution is -2.59. The van der Waals surface area contributed by atoms with Crippen LogP contribution >= 0.6 is 11.6 Å². The van der Waals surface area contributed by atoms with Crippen LogP contribution in [-0.4, -0.2) is 62.8 Å². The molecular formula is C17H24ClN3O2. The highest BCUT2D eigenvalue weighted by Crippen LogP contribution is 2.26. The number of hydrogen-bond donors (Lipinski definition) is 1. The summed E-state index contributed by atoms with van der Waals surface area (Å²) in [5, 5.41) is 4.04. The molecular weight excluding hydrogens is 314 g/mol. The Morgan fingerprint density at radius 2 is 1.74 bits per heavy atom. The van der Waals surface area contributed by atoms with Crippen molar-refractivity contribution >= 4 is 23.2 Å². The third-order valence-electron chi connectivity index (χ3n) is 4.95. The second-order valence-electron chi connectivity index (χ2n) is 6.20. The van der Waals surface area contributed by atoms with Gasteiger partial charge in [-0.25, -0.2) is 0 Å². The summed E-state index contributed by atoms with van der Waals surface area (Å²) >= 11 is 5.94. The molecule has 0 spiro atoms. The van der Waals surface area contributed by atoms with E-state index in [-0.39, 0.29) is 5.91 Å². The largest absolute Gasteiger partial charge is 0.368 e. The molecule has 5 nitrogen and oxygen atoms in total. The van der Waals surface area contributed by atoms with Crippen molar-refractivity contribution in [2.75, 3.05) is 51.3 Å². The van der Waals surface area contributed by atoms with Gasteiger partial charge in [0.05, 0.1) is 0 Å². The van der Waals surface area contributed by atoms with Gasteiger partial charge in [0.1, 0.15) is 5.60 Å². The second-order valence-corrected chi connectivity index (χ2v) is 6.64. The molecule has 23 heavy (non-hydrogen) atoms. The van der Waals surface area contributed by atoms with E-state index in [9.17, 15) is 4.79 Å². The van der Waals surface area contributed by atoms with Crippen LogP contribution in [0.2, 0.25) is 5.02 Å². The Balaban J connectivity index is 1.61. The summed E-state index contributed by atoms with van der Waals surface area (Å²) in [7, 11) is 1.66. The summed E-state index contributed by atoms with van der Waals surface area (Å²) in [6.07, 6.45) is 1.50. The summed E-state index contributed by atoms with van der Waals surface area (Å²) in [5.41, 5.74) is 0.526. The van der Waals surface area contributed by atoms with Gasteiger partial charge in [-0.1, -0.05) is 11.6 Å². The van der Waals surface area contributed by atoms with E-state index in [0.717, 1.165) is 62.8 Å². The Labute approximate surface area is 142 Å². The summed E-state index contributed by atoms with van der Waals surface area (Å²) in [6, 6.07) is 7.87. The van der Waals surface area contributed by atoms with E-state index in [1.54, 1.807) is 7.11 Å². The number of carbonyl (C=O) groups excluding carboxylic acids is 1. The number of piperidine rings is 1. The van der Waals surface area contributed by atoms with Crippen molar-refractivity contribution in [2.24, 2.45) is 0 Å². The Hall–Kier alpha value is -1.30. The average Bonchev–Trinajstić information content (AvgIpc) is 2.62. The van der Waals surface area contributed by atoms with E-state index in [1.165, 1.54) is 0 Å². The number of methoxy groups -OCH3 is 1. The number of benzene rings is 1. The van der Waals surface area contributed by atoms with Crippen LogP contribution in [0.3, 0.4) is 0 Å². The number of amides is 1. The van der Waals surface area contributed by atoms with Crippen LogP contribution in [-0.2, 0) is 9.53 Å². The van der Waals surface area contributed by atoms with E-state index >= 15 is 0 Å². The van der Waals surface area contributed by atoms with E-state index < -0.39 is 5.60 Å². The lowest BCUT2D eigenvalue weighted by molar-refractivity contribution is -0.158. The molecule has 1 amide bonds. The maximum absolute atomic E-state index is 12.9. The van der Waals surface area contributed by atoms with Crippen molar-refractivity contribution in [2.45, 2.75) is 18.4 Å². The molecule has 2 aliphatic rings. The summed E-state index contributed by atoms with van der Waals surface area (Å²) < 4.78 is 5.66. The number of carbonyl (C=O) groups is 1. The van der Waals surface area contributed by atoms with Gasteiger partial charge < -0.3 is 19.9 Å². The molecule has 2 fully saturated rings. The molecule has 0 bridgehead atoms. The highest BCUT2D eigenvalue weighted by molar-refractivity contribution is 6.30. The van der Waals surface area contributed by atoms with Gasteiger partial charge in [0.2, 0.25) is 0 Å². The third kappa shape index (κ3) is 3.47. The van der Waals surface area contributed by atoms with Gasteiger partial charge in [-0.05, 0) is 50.2 Å². The number of anilines is 1. The van der Waals surface area contributed by atoms with Crippen LogP contribution in [0.25, 0.3) is 0 Å². The van der Waals surface area contributed by atoms with Crippen LogP contribution in [0.15, 0.2) is 24.3 Å². The molecule has 0 aliphatic carbocycles. The van der Waals surface area contributed by atoms with Crippen molar-refractivity contribution in [1.82, 2.24) is 10.2 Å². The van der Waals surface area contributed by atoms with Gasteiger partial charge in [0, 0.05) is 44.0 Å². The van der Waals surface area contributed by atoms with Crippen molar-refractivity contribution < 1.29 is 9.53 Å². The minimum atomic E-state index is -0.631. The fourth-order valence-electron chi connectivity index (χ4n) is 3.44. The number of piperazine rings is 1. The molecule has 2 heterocycles. The number of rotatable bonds is 3. The molecule has 0 saturated carbocycles. The van der Waals surface area contributed by atoms with Crippen LogP contribution in [0.4, 0.5) is 5.69 Å². The molecule has 0 unspecified atom stereocenters. The van der Waals surface area contributed by atoms with Crippen molar-refractivity contribution in [1.29, 1.82) is 0 Å². The zero-order valence-electron chi connectivity index (χ0n) is 13.6. The van der Waals surface area contributed by atoms with Crippen molar-refractivity contribution in [3.63, 3.8) is 0 Å². The van der Waals surface area contributed by atoms with Gasteiger partial charge in [0.15, 0.2) is 0 Å². The average molecular weight is 338 g/mol. The monoisotopic (exact) mass is 337 g/mol. The van der Waals surface area contributed by atoms with Gasteiger partial charge in [-0.3, -0.25) is 4.79 Å². The smallest absolute Gasteiger partial charge is 0.255 e. The predicted octanol–water partition coefficient (Wildman–Crippen LogP) is 1.76. The quantitative estimate of drug-likeness (QED) is 0.913. The first-order valence-electron chi connectivity index (χ1n) is 8.20. The topological polar surface area (TPSA) is 44.8 Å². The first-order valence-corrected chi connectivity index (χ1v) is 8.58. The van der Waals surface area contributed by atoms with Crippen molar-refractivity contribution in [3.8, 4) is 0 Å². The molecule has 2 saturated heterocycles. The Bertz CT molecular complexity index is 535. The maximum atomic E-state index is 12.9. The van der Waals surface area contributed by atoms with E-state index in [2.05, 4.69) is 10.2 Å². The lowest BCUT2D eigenvalue weighted by Gasteiger charge is -2.42. The van der Waals surface area contributed by atoms with Gasteiger partial charge in [0.25, 0.3) is 5.91 Å². The van der Waals surface area contributed by atoms with Gasteiger partial charge in [-0.2, -0.15) is 0 Å². The molecule has 0 aromatic heterocycles. The molecule has 2 aliphatic heterocycles. The van der Waals surface area contributed by atoms with Crippen LogP contribution in [0.5, 0.6) is 0 Å². The maximum Gasteiger partial charge on any atom is 0.255 e. The summed E-state index contributed by atoms with van der Waals surface area (Å²) in [6.45, 7) is 4.82. The van der Waals surface area contributed by atoms with Gasteiger partial charge in [-0.15, -0.1) is 0 Å². The predicted molar refractivity (Wildman–Crippen MR) is 92.1 cm³/mol. The SMILES string of the molecule is COC1(C(=O)N2CCN(c3ccc(Cl)cc3)CC2)CCNCC1. The number of halogens is 1. The first kappa shape index (κ1) is 16.6. The standard InChI is InChI=1S/C17H24ClN3O2/c1-23-17(6-8-19-9-7-17)16(22)21-12-10-20(11-13-21)15-4-2-14(18)3-5-15/h2-5,19H,6-13H2,1H3. The molecule has 3 rings (SSSR count). The van der Waals surface area contributed by atoms with Crippen LogP contribution < -0.4 is 10.2 Å². The number of hydrogen-bond acceptors (Lipinski definition) is 4. The summed E-state index contributed by atoms with van der Waals surface area (Å²) in [5.74, 6) is 0.150. The van der Waals surface area contributed by atoms with E-state index in [4.69, 9.17) is 16.3 Å². The normalized spacial score (nSPS) is 21.3. The third-order valence-corrected chi connectivity index (χ3v) is 5.20. The number of ether oxygens (including phenoxy) is 1. The van der Waals surface area contributed by atoms with E-state index in [0.29, 0.717) is 0 Å². The molecule has 1 aromatic carbocycles. The first-order chi connectivity index (χ1) is 11.1. The Morgan fingerprint density at radius 1 is 1.13 bits per heavy atom. The van der Waals surface area contributed by atoms with Crippen molar-refractivity contribution in [3.05, 3.63) is 29.3 Å². The highest BCUT2D eigenvalue weighted by Gasteiger charge is 2.42. The van der Waals surface area contributed by atoms with Crippen LogP contribution in [0.1, 0.15) is 12.8 Å². The number of nitrogens with zero attached hydrogens (tertiary/aromatic N) is 2. The fourth-order valence-corrected chi connectivity index (χ4v) is 3.57. The molecule has 0 atom stereocenters. The highest BCUT2D eigenvalue weighted by atomic mass is 35.5. The molecule has 6 heteroatoms. The van der Waals surface area contributed by atoms with E-state index in [1.807, 2.05) is 29.2 Å². The zero-order valence-corrected chi connectivity index (χ0v) is 14.3. The molecule has 126 valence electrons. The molecule has 0 radical (unpaired) electrons. The van der Waals surface area contributed by atoms with Crippen LogP contribution in [0, 0.1) is 0 Å². The fraction of sp³-hybridized carbons (Fsp3) is 0.588. The lowest BCUT2D eigenvalue weighted by atomic mass is 9.90. The molecule has 1 aromatic rings. The second kappa shape index (κ2) is 7.07. The summed E-state index contributed by atoms with van der Waals surface area (Å²) in [4.78, 5) is 17.2. The molecule has 1 N–H and O–H groups in total. The minimum Gasteiger partial charge on any atom is -0.368 e. The van der Waals surface area contributed by atoms with Gasteiger partial charge >= 0.3 is 0 Å². The zero-order chi connectivity index (χ0) is 16.3. The minimum absolute atomic E-state index is 0.150. The Kier molecular flexibility index (Phi) is 5.09. The Morgan fingerprint density at radius 3 is 2.30 bits per heavy atom. The number of nitrogens with one attached hydrogen (secondary N) is 1.